The molecule has 0 aliphatic carbocycles. The van der Waals surface area contributed by atoms with E-state index in [-0.39, 0.29) is 12.1 Å². The molecular formula is C7H15NO2. The van der Waals surface area contributed by atoms with E-state index in [1.54, 1.807) is 7.11 Å². The van der Waals surface area contributed by atoms with Crippen molar-refractivity contribution in [2.24, 2.45) is 0 Å². The van der Waals surface area contributed by atoms with Crippen LogP contribution in [0.5, 0.6) is 0 Å². The summed E-state index contributed by atoms with van der Waals surface area (Å²) in [6.07, 6.45) is 0.820. The minimum Gasteiger partial charge on any atom is -0.396 e. The average molecular weight is 145 g/mol. The lowest BCUT2D eigenvalue weighted by Gasteiger charge is -2.04. The molecule has 10 heavy (non-hydrogen) atoms. The van der Waals surface area contributed by atoms with E-state index < -0.39 is 0 Å². The summed E-state index contributed by atoms with van der Waals surface area (Å²) in [5, 5.41) is 11.9. The van der Waals surface area contributed by atoms with Crippen molar-refractivity contribution in [3.63, 3.8) is 0 Å². The third-order valence-corrected chi connectivity index (χ3v) is 2.15. The smallest absolute Gasteiger partial charge is 0.0633 e. The summed E-state index contributed by atoms with van der Waals surface area (Å²) in [6, 6.07) is 0.449. The first kappa shape index (κ1) is 7.98. The lowest BCUT2D eigenvalue weighted by Crippen LogP contribution is -2.15. The molecule has 0 saturated carbocycles. The van der Waals surface area contributed by atoms with Crippen LogP contribution >= 0.6 is 0 Å². The van der Waals surface area contributed by atoms with Crippen molar-refractivity contribution in [2.75, 3.05) is 20.3 Å². The fraction of sp³-hybridized carbons (Fsp3) is 1.00. The molecule has 0 aromatic rings. The Kier molecular flexibility index (Phi) is 2.28. The van der Waals surface area contributed by atoms with Crippen molar-refractivity contribution in [1.82, 2.24) is 5.32 Å². The van der Waals surface area contributed by atoms with Crippen LogP contribution in [0.15, 0.2) is 0 Å². The van der Waals surface area contributed by atoms with Gasteiger partial charge in [0.05, 0.1) is 6.61 Å². The molecule has 0 amide bonds. The summed E-state index contributed by atoms with van der Waals surface area (Å²) in [5.41, 5.74) is 0.144. The van der Waals surface area contributed by atoms with E-state index in [0.717, 1.165) is 13.0 Å². The van der Waals surface area contributed by atoms with Gasteiger partial charge in [0.15, 0.2) is 0 Å². The van der Waals surface area contributed by atoms with Gasteiger partial charge < -0.3 is 15.2 Å². The van der Waals surface area contributed by atoms with Gasteiger partial charge in [0.1, 0.15) is 0 Å². The number of aliphatic hydroxyl groups is 1. The normalized spacial score (nSPS) is 38.1. The van der Waals surface area contributed by atoms with Crippen molar-refractivity contribution in [1.29, 1.82) is 0 Å². The number of rotatable bonds is 4. The monoisotopic (exact) mass is 145 g/mol. The largest absolute Gasteiger partial charge is 0.396 e. The van der Waals surface area contributed by atoms with Gasteiger partial charge in [0.2, 0.25) is 0 Å². The van der Waals surface area contributed by atoms with Crippen LogP contribution in [0.25, 0.3) is 0 Å². The minimum atomic E-state index is 0.144. The molecule has 0 spiro atoms. The van der Waals surface area contributed by atoms with E-state index in [1.807, 2.05) is 0 Å². The van der Waals surface area contributed by atoms with Crippen molar-refractivity contribution in [3.8, 4) is 0 Å². The van der Waals surface area contributed by atoms with Gasteiger partial charge in [-0.3, -0.25) is 0 Å². The number of aliphatic hydroxyl groups excluding tert-OH is 1. The van der Waals surface area contributed by atoms with Crippen LogP contribution in [0, 0.1) is 0 Å². The van der Waals surface area contributed by atoms with E-state index in [0.29, 0.717) is 6.04 Å². The molecule has 1 heterocycles. The Labute approximate surface area is 61.4 Å². The van der Waals surface area contributed by atoms with Crippen molar-refractivity contribution >= 4 is 0 Å². The average Bonchev–Trinajstić information content (AvgIpc) is 2.44. The van der Waals surface area contributed by atoms with Crippen LogP contribution in [-0.4, -0.2) is 37.0 Å². The Hall–Kier alpha value is -0.120. The molecule has 3 heteroatoms. The second-order valence-electron chi connectivity index (χ2n) is 3.04. The Morgan fingerprint density at radius 1 is 1.70 bits per heavy atom. The van der Waals surface area contributed by atoms with Crippen LogP contribution in [0.3, 0.4) is 0 Å². The van der Waals surface area contributed by atoms with Gasteiger partial charge >= 0.3 is 0 Å². The highest BCUT2D eigenvalue weighted by molar-refractivity contribution is 5.10. The summed E-state index contributed by atoms with van der Waals surface area (Å²) < 4.78 is 4.96. The van der Waals surface area contributed by atoms with E-state index in [4.69, 9.17) is 9.84 Å². The van der Waals surface area contributed by atoms with Crippen molar-refractivity contribution in [3.05, 3.63) is 0 Å². The van der Waals surface area contributed by atoms with E-state index in [9.17, 15) is 0 Å². The third-order valence-electron chi connectivity index (χ3n) is 2.15. The third kappa shape index (κ3) is 1.48. The fourth-order valence-corrected chi connectivity index (χ4v) is 1.23. The van der Waals surface area contributed by atoms with Gasteiger partial charge in [0, 0.05) is 25.3 Å². The quantitative estimate of drug-likeness (QED) is 0.536. The number of ether oxygens (including phenoxy) is 1. The molecule has 1 saturated heterocycles. The molecule has 0 bridgehead atoms. The number of hydrogen-bond donors (Lipinski definition) is 2. The molecule has 0 aromatic carbocycles. The molecular weight excluding hydrogens is 130 g/mol. The summed E-state index contributed by atoms with van der Waals surface area (Å²) in [6.45, 7) is 3.10. The summed E-state index contributed by atoms with van der Waals surface area (Å²) >= 11 is 0. The van der Waals surface area contributed by atoms with Gasteiger partial charge in [-0.05, 0) is 13.3 Å². The molecule has 1 aliphatic heterocycles. The maximum absolute atomic E-state index is 8.65. The highest BCUT2D eigenvalue weighted by Crippen LogP contribution is 2.29. The molecule has 1 fully saturated rings. The van der Waals surface area contributed by atoms with Gasteiger partial charge in [0.25, 0.3) is 0 Å². The van der Waals surface area contributed by atoms with Gasteiger partial charge in [-0.25, -0.2) is 0 Å². The highest BCUT2D eigenvalue weighted by Gasteiger charge is 2.48. The SMILES string of the molecule is COCC1NC1(C)CCO. The fourth-order valence-electron chi connectivity index (χ4n) is 1.23. The minimum absolute atomic E-state index is 0.144. The second kappa shape index (κ2) is 2.86. The van der Waals surface area contributed by atoms with Gasteiger partial charge in [-0.2, -0.15) is 0 Å². The second-order valence-corrected chi connectivity index (χ2v) is 3.04. The molecule has 1 aliphatic rings. The predicted molar refractivity (Wildman–Crippen MR) is 38.9 cm³/mol. The van der Waals surface area contributed by atoms with Crippen LogP contribution in [0.2, 0.25) is 0 Å². The highest BCUT2D eigenvalue weighted by atomic mass is 16.5. The zero-order valence-electron chi connectivity index (χ0n) is 6.55. The maximum atomic E-state index is 8.65. The molecule has 0 aromatic heterocycles. The molecule has 3 nitrogen and oxygen atoms in total. The number of nitrogens with one attached hydrogen (secondary N) is 1. The van der Waals surface area contributed by atoms with E-state index >= 15 is 0 Å². The number of hydrogen-bond acceptors (Lipinski definition) is 3. The van der Waals surface area contributed by atoms with Gasteiger partial charge in [-0.1, -0.05) is 0 Å². The van der Waals surface area contributed by atoms with E-state index in [2.05, 4.69) is 12.2 Å². The molecule has 0 radical (unpaired) electrons. The first-order valence-electron chi connectivity index (χ1n) is 3.60. The number of methoxy groups -OCH3 is 1. The Balaban J connectivity index is 2.19. The summed E-state index contributed by atoms with van der Waals surface area (Å²) in [7, 11) is 1.69. The first-order valence-corrected chi connectivity index (χ1v) is 3.60. The van der Waals surface area contributed by atoms with Gasteiger partial charge in [-0.15, -0.1) is 0 Å². The maximum Gasteiger partial charge on any atom is 0.0633 e. The molecule has 2 atom stereocenters. The Bertz CT molecular complexity index is 118. The van der Waals surface area contributed by atoms with E-state index in [1.165, 1.54) is 0 Å². The molecule has 60 valence electrons. The topological polar surface area (TPSA) is 51.4 Å². The zero-order chi connectivity index (χ0) is 7.61. The first-order chi connectivity index (χ1) is 4.73. The van der Waals surface area contributed by atoms with Crippen LogP contribution in [0.1, 0.15) is 13.3 Å². The standard InChI is InChI=1S/C7H15NO2/c1-7(3-4-9)6(8-7)5-10-2/h6,8-9H,3-5H2,1-2H3. The van der Waals surface area contributed by atoms with Crippen molar-refractivity contribution < 1.29 is 9.84 Å². The zero-order valence-corrected chi connectivity index (χ0v) is 6.55. The Morgan fingerprint density at radius 2 is 2.40 bits per heavy atom. The molecule has 1 rings (SSSR count). The van der Waals surface area contributed by atoms with Crippen LogP contribution < -0.4 is 5.32 Å². The predicted octanol–water partition coefficient (Wildman–Crippen LogP) is -0.254. The molecule has 2 unspecified atom stereocenters. The van der Waals surface area contributed by atoms with Crippen LogP contribution in [-0.2, 0) is 4.74 Å². The Morgan fingerprint density at radius 3 is 2.90 bits per heavy atom. The molecule has 2 N–H and O–H groups in total. The summed E-state index contributed by atoms with van der Waals surface area (Å²) in [5.74, 6) is 0. The van der Waals surface area contributed by atoms with Crippen molar-refractivity contribution in [2.45, 2.75) is 24.9 Å². The summed E-state index contributed by atoms with van der Waals surface area (Å²) in [4.78, 5) is 0. The lowest BCUT2D eigenvalue weighted by atomic mass is 10.1. The van der Waals surface area contributed by atoms with Crippen LogP contribution in [0.4, 0.5) is 0 Å². The lowest BCUT2D eigenvalue weighted by molar-refractivity contribution is 0.192.